The van der Waals surface area contributed by atoms with Crippen LogP contribution in [0.25, 0.3) is 0 Å². The molecule has 0 atom stereocenters. The first-order valence-corrected chi connectivity index (χ1v) is 11.8. The molecule has 0 amide bonds. The number of benzene rings is 1. The van der Waals surface area contributed by atoms with Gasteiger partial charge in [-0.05, 0) is 30.7 Å². The van der Waals surface area contributed by atoms with Crippen molar-refractivity contribution in [1.82, 2.24) is 0 Å². The molecule has 0 fully saturated rings. The SMILES string of the molecule is CCCCCCOc1ccc(C(=O)OCCC(F)(F)C(F)(F)C(F)(F)C(F)(F)C(F)(F)C(F)(F)C(F)(F)C(F)(F)F)cc1. The largest absolute Gasteiger partial charge is 0.494 e. The number of ether oxygens (including phenoxy) is 2. The van der Waals surface area contributed by atoms with Gasteiger partial charge < -0.3 is 9.47 Å². The van der Waals surface area contributed by atoms with Gasteiger partial charge in [-0.1, -0.05) is 26.2 Å². The van der Waals surface area contributed by atoms with E-state index in [0.29, 0.717) is 6.42 Å². The molecule has 0 aliphatic rings. The molecule has 0 saturated heterocycles. The van der Waals surface area contributed by atoms with Crippen LogP contribution in [0.4, 0.5) is 74.6 Å². The van der Waals surface area contributed by atoms with E-state index in [9.17, 15) is 79.4 Å². The third kappa shape index (κ3) is 7.01. The van der Waals surface area contributed by atoms with E-state index in [1.165, 1.54) is 12.1 Å². The quantitative estimate of drug-likeness (QED) is 0.100. The van der Waals surface area contributed by atoms with Crippen molar-refractivity contribution in [3.8, 4) is 5.75 Å². The first-order valence-electron chi connectivity index (χ1n) is 11.8. The van der Waals surface area contributed by atoms with Gasteiger partial charge in [-0.15, -0.1) is 0 Å². The zero-order chi connectivity index (χ0) is 33.9. The fourth-order valence-electron chi connectivity index (χ4n) is 3.11. The Morgan fingerprint density at radius 1 is 0.581 bits per heavy atom. The third-order valence-electron chi connectivity index (χ3n) is 5.79. The average molecular weight is 668 g/mol. The lowest BCUT2D eigenvalue weighted by molar-refractivity contribution is -0.461. The molecule has 0 unspecified atom stereocenters. The maximum absolute atomic E-state index is 13.9. The van der Waals surface area contributed by atoms with E-state index in [0.717, 1.165) is 31.4 Å². The second-order valence-electron chi connectivity index (χ2n) is 8.97. The number of alkyl halides is 17. The Labute approximate surface area is 231 Å². The Kier molecular flexibility index (Phi) is 11.3. The van der Waals surface area contributed by atoms with Crippen LogP contribution in [0.1, 0.15) is 49.4 Å². The molecule has 0 spiro atoms. The van der Waals surface area contributed by atoms with E-state index in [1.807, 2.05) is 6.92 Å². The summed E-state index contributed by atoms with van der Waals surface area (Å²) in [7, 11) is 0. The van der Waals surface area contributed by atoms with Gasteiger partial charge in [0.1, 0.15) is 5.75 Å². The van der Waals surface area contributed by atoms with E-state index in [1.54, 1.807) is 0 Å². The molecule has 0 radical (unpaired) electrons. The van der Waals surface area contributed by atoms with Crippen molar-refractivity contribution in [2.75, 3.05) is 13.2 Å². The zero-order valence-electron chi connectivity index (χ0n) is 21.4. The van der Waals surface area contributed by atoms with Gasteiger partial charge >= 0.3 is 53.6 Å². The first kappa shape index (κ1) is 38.3. The molecule has 43 heavy (non-hydrogen) atoms. The van der Waals surface area contributed by atoms with Gasteiger partial charge in [0.2, 0.25) is 0 Å². The summed E-state index contributed by atoms with van der Waals surface area (Å²) in [6.07, 6.45) is -7.29. The first-order chi connectivity index (χ1) is 19.2. The Morgan fingerprint density at radius 2 is 1.02 bits per heavy atom. The molecule has 0 saturated carbocycles. The minimum atomic E-state index is -8.69. The Morgan fingerprint density at radius 3 is 1.47 bits per heavy atom. The summed E-state index contributed by atoms with van der Waals surface area (Å²) in [6, 6.07) is 4.26. The van der Waals surface area contributed by atoms with E-state index >= 15 is 0 Å². The molecule has 0 aliphatic carbocycles. The van der Waals surface area contributed by atoms with Crippen LogP contribution in [0.15, 0.2) is 24.3 Å². The summed E-state index contributed by atoms with van der Waals surface area (Å²) < 4.78 is 235. The van der Waals surface area contributed by atoms with Crippen molar-refractivity contribution < 1.29 is 88.9 Å². The molecule has 1 aromatic rings. The molecule has 0 aliphatic heterocycles. The van der Waals surface area contributed by atoms with Crippen LogP contribution in [0.5, 0.6) is 5.75 Å². The maximum atomic E-state index is 13.9. The fourth-order valence-corrected chi connectivity index (χ4v) is 3.11. The van der Waals surface area contributed by atoms with Crippen molar-refractivity contribution in [1.29, 1.82) is 0 Å². The van der Waals surface area contributed by atoms with Gasteiger partial charge in [-0.25, -0.2) is 4.79 Å². The molecular formula is C23H21F17O3. The van der Waals surface area contributed by atoms with Crippen LogP contribution in [0.2, 0.25) is 0 Å². The monoisotopic (exact) mass is 668 g/mol. The Hall–Kier alpha value is -2.70. The van der Waals surface area contributed by atoms with Crippen LogP contribution in [0.3, 0.4) is 0 Å². The van der Waals surface area contributed by atoms with Crippen molar-refractivity contribution in [2.45, 2.75) is 86.7 Å². The molecule has 250 valence electrons. The fraction of sp³-hybridized carbons (Fsp3) is 0.696. The Balaban J connectivity index is 3.06. The van der Waals surface area contributed by atoms with Crippen molar-refractivity contribution in [3.63, 3.8) is 0 Å². The van der Waals surface area contributed by atoms with Crippen molar-refractivity contribution in [3.05, 3.63) is 29.8 Å². The van der Waals surface area contributed by atoms with Gasteiger partial charge in [0.05, 0.1) is 25.2 Å². The third-order valence-corrected chi connectivity index (χ3v) is 5.79. The van der Waals surface area contributed by atoms with Gasteiger partial charge in [0, 0.05) is 0 Å². The molecule has 0 N–H and O–H groups in total. The molecule has 3 nitrogen and oxygen atoms in total. The normalized spacial score (nSPS) is 14.6. The minimum absolute atomic E-state index is 0.206. The van der Waals surface area contributed by atoms with Gasteiger partial charge in [-0.3, -0.25) is 0 Å². The standard InChI is InChI=1S/C23H21F17O3/c1-2-3-4-5-11-42-14-8-6-13(7-9-14)15(41)43-12-10-16(24,25)17(26,27)18(28,29)19(30,31)20(32,33)21(34,35)22(36,37)23(38,39)40/h6-9H,2-5,10-12H2,1H3. The maximum Gasteiger partial charge on any atom is 0.460 e. The summed E-state index contributed by atoms with van der Waals surface area (Å²) in [5.74, 6) is -58.4. The number of carbonyl (C=O) groups excluding carboxylic acids is 1. The highest BCUT2D eigenvalue weighted by Crippen LogP contribution is 2.64. The summed E-state index contributed by atoms with van der Waals surface area (Å²) in [5.41, 5.74) is -0.474. The summed E-state index contributed by atoms with van der Waals surface area (Å²) in [5, 5.41) is 0. The van der Waals surface area contributed by atoms with Gasteiger partial charge in [-0.2, -0.15) is 74.6 Å². The summed E-state index contributed by atoms with van der Waals surface area (Å²) in [6.45, 7) is 0.213. The van der Waals surface area contributed by atoms with E-state index in [-0.39, 0.29) is 12.4 Å². The Bertz CT molecular complexity index is 1070. The van der Waals surface area contributed by atoms with Gasteiger partial charge in [0.15, 0.2) is 0 Å². The minimum Gasteiger partial charge on any atom is -0.494 e. The van der Waals surface area contributed by atoms with Crippen molar-refractivity contribution in [2.24, 2.45) is 0 Å². The number of hydrogen-bond donors (Lipinski definition) is 0. The van der Waals surface area contributed by atoms with E-state index in [4.69, 9.17) is 4.74 Å². The topological polar surface area (TPSA) is 35.5 Å². The van der Waals surface area contributed by atoms with E-state index in [2.05, 4.69) is 4.74 Å². The molecule has 1 aromatic carbocycles. The van der Waals surface area contributed by atoms with Crippen LogP contribution in [-0.2, 0) is 4.74 Å². The van der Waals surface area contributed by atoms with Gasteiger partial charge in [0.25, 0.3) is 0 Å². The number of carbonyl (C=O) groups is 1. The molecule has 1 rings (SSSR count). The lowest BCUT2D eigenvalue weighted by Crippen LogP contribution is -2.74. The number of esters is 1. The highest BCUT2D eigenvalue weighted by atomic mass is 19.4. The second-order valence-corrected chi connectivity index (χ2v) is 8.97. The number of rotatable bonds is 16. The van der Waals surface area contributed by atoms with Crippen LogP contribution in [-0.4, -0.2) is 66.8 Å². The molecule has 20 heteroatoms. The van der Waals surface area contributed by atoms with Crippen LogP contribution >= 0.6 is 0 Å². The van der Waals surface area contributed by atoms with Crippen LogP contribution < -0.4 is 4.74 Å². The molecule has 0 bridgehead atoms. The van der Waals surface area contributed by atoms with Crippen molar-refractivity contribution >= 4 is 5.97 Å². The smallest absolute Gasteiger partial charge is 0.460 e. The molecule has 0 heterocycles. The summed E-state index contributed by atoms with van der Waals surface area (Å²) >= 11 is 0. The lowest BCUT2D eigenvalue weighted by Gasteiger charge is -2.42. The van der Waals surface area contributed by atoms with E-state index < -0.39 is 72.2 Å². The summed E-state index contributed by atoms with van der Waals surface area (Å²) in [4.78, 5) is 11.9. The number of halogens is 17. The predicted octanol–water partition coefficient (Wildman–Crippen LogP) is 9.20. The number of hydrogen-bond acceptors (Lipinski definition) is 3. The highest BCUT2D eigenvalue weighted by molar-refractivity contribution is 5.89. The lowest BCUT2D eigenvalue weighted by atomic mass is 9.88. The average Bonchev–Trinajstić information content (AvgIpc) is 2.87. The number of unbranched alkanes of at least 4 members (excludes halogenated alkanes) is 3. The van der Waals surface area contributed by atoms with Crippen LogP contribution in [0, 0.1) is 0 Å². The predicted molar refractivity (Wildman–Crippen MR) is 112 cm³/mol. The molecule has 0 aromatic heterocycles. The second kappa shape index (κ2) is 12.7. The molecular weight excluding hydrogens is 647 g/mol. The highest BCUT2D eigenvalue weighted by Gasteiger charge is 2.95. The zero-order valence-corrected chi connectivity index (χ0v) is 21.4.